The molecule has 6 heteroatoms. The second-order valence-electron chi connectivity index (χ2n) is 11.3. The Hall–Kier alpha value is -4.21. The fraction of sp³-hybridized carbons (Fsp3) is 0.143. The van der Waals surface area contributed by atoms with Gasteiger partial charge in [-0.3, -0.25) is 0 Å². The van der Waals surface area contributed by atoms with E-state index in [0.29, 0.717) is 17.1 Å². The first kappa shape index (κ1) is 27.0. The number of aryl methyl sites for hydroxylation is 1. The third-order valence-electron chi connectivity index (χ3n) is 7.57. The van der Waals surface area contributed by atoms with Gasteiger partial charge in [0.2, 0.25) is 5.88 Å². The molecule has 41 heavy (non-hydrogen) atoms. The fourth-order valence-electron chi connectivity index (χ4n) is 5.66. The van der Waals surface area contributed by atoms with Crippen LogP contribution in [0.25, 0.3) is 49.3 Å². The number of pyridine rings is 2. The summed E-state index contributed by atoms with van der Waals surface area (Å²) in [4.78, 5) is 9.55. The summed E-state index contributed by atoms with van der Waals surface area (Å²) < 4.78 is 8.54. The van der Waals surface area contributed by atoms with Crippen LogP contribution in [0.4, 0.5) is 0 Å². The van der Waals surface area contributed by atoms with Crippen molar-refractivity contribution >= 4 is 43.5 Å². The normalized spacial score (nSPS) is 11.8. The summed E-state index contributed by atoms with van der Waals surface area (Å²) >= 11 is 0. The number of fused-ring (bicyclic) bond motifs is 5. The molecule has 0 radical (unpaired) electrons. The van der Waals surface area contributed by atoms with Gasteiger partial charge in [-0.1, -0.05) is 74.8 Å². The molecular weight excluding hydrogens is 689 g/mol. The van der Waals surface area contributed by atoms with Crippen molar-refractivity contribution in [3.05, 3.63) is 108 Å². The molecule has 0 saturated carbocycles. The Morgan fingerprint density at radius 2 is 1.61 bits per heavy atom. The Kier molecular flexibility index (Phi) is 6.59. The minimum absolute atomic E-state index is 0. The summed E-state index contributed by atoms with van der Waals surface area (Å²) in [7, 11) is 0. The number of rotatable bonds is 3. The number of phenolic OH excluding ortho intramolecular Hbond substituents is 1. The number of aromatic nitrogens is 3. The van der Waals surface area contributed by atoms with Gasteiger partial charge < -0.3 is 14.4 Å². The first-order valence-electron chi connectivity index (χ1n) is 13.4. The molecule has 0 fully saturated rings. The van der Waals surface area contributed by atoms with Crippen LogP contribution in [-0.2, 0) is 26.5 Å². The van der Waals surface area contributed by atoms with E-state index < -0.39 is 0 Å². The Bertz CT molecular complexity index is 2100. The van der Waals surface area contributed by atoms with Crippen LogP contribution in [-0.4, -0.2) is 19.6 Å². The Morgan fingerprint density at radius 1 is 0.854 bits per heavy atom. The molecule has 7 rings (SSSR count). The fourth-order valence-corrected chi connectivity index (χ4v) is 5.66. The van der Waals surface area contributed by atoms with Crippen LogP contribution in [0.1, 0.15) is 31.9 Å². The number of nitrogens with zero attached hydrogens (tertiary/aromatic N) is 3. The molecule has 7 aromatic rings. The first-order chi connectivity index (χ1) is 19.3. The summed E-state index contributed by atoms with van der Waals surface area (Å²) in [6.07, 6.45) is 1.85. The Balaban J connectivity index is 0.00000302. The van der Waals surface area contributed by atoms with Gasteiger partial charge in [-0.05, 0) is 52.4 Å². The van der Waals surface area contributed by atoms with Gasteiger partial charge >= 0.3 is 0 Å². The molecule has 0 bridgehead atoms. The Morgan fingerprint density at radius 3 is 2.41 bits per heavy atom. The minimum Gasteiger partial charge on any atom is -0.506 e. The van der Waals surface area contributed by atoms with Crippen molar-refractivity contribution in [1.29, 1.82) is 0 Å². The van der Waals surface area contributed by atoms with Crippen molar-refractivity contribution in [1.82, 2.24) is 14.5 Å². The number of phenols is 1. The zero-order chi connectivity index (χ0) is 27.6. The van der Waals surface area contributed by atoms with E-state index in [1.54, 1.807) is 6.07 Å². The van der Waals surface area contributed by atoms with E-state index in [9.17, 15) is 5.11 Å². The molecule has 0 aliphatic rings. The quantitative estimate of drug-likeness (QED) is 0.186. The predicted octanol–water partition coefficient (Wildman–Crippen LogP) is 8.78. The molecule has 206 valence electrons. The topological polar surface area (TPSA) is 60.2 Å². The van der Waals surface area contributed by atoms with Crippen molar-refractivity contribution in [2.24, 2.45) is 0 Å². The van der Waals surface area contributed by atoms with Gasteiger partial charge in [0.25, 0.3) is 0 Å². The van der Waals surface area contributed by atoms with E-state index in [-0.39, 0.29) is 32.2 Å². The van der Waals surface area contributed by atoms with E-state index >= 15 is 0 Å². The molecule has 0 saturated heterocycles. The van der Waals surface area contributed by atoms with E-state index in [0.717, 1.165) is 54.9 Å². The first-order valence-corrected chi connectivity index (χ1v) is 13.4. The average Bonchev–Trinajstić information content (AvgIpc) is 3.27. The van der Waals surface area contributed by atoms with Crippen LogP contribution >= 0.6 is 0 Å². The van der Waals surface area contributed by atoms with Crippen LogP contribution in [0, 0.1) is 13.0 Å². The van der Waals surface area contributed by atoms with Gasteiger partial charge in [-0.25, -0.2) is 9.97 Å². The summed E-state index contributed by atoms with van der Waals surface area (Å²) in [5.41, 5.74) is 4.41. The van der Waals surface area contributed by atoms with Crippen LogP contribution in [0.5, 0.6) is 17.4 Å². The van der Waals surface area contributed by atoms with Gasteiger partial charge in [-0.15, -0.1) is 17.5 Å². The third-order valence-corrected chi connectivity index (χ3v) is 7.57. The average molecular weight is 718 g/mol. The van der Waals surface area contributed by atoms with Crippen LogP contribution in [0.3, 0.4) is 0 Å². The smallest absolute Gasteiger partial charge is 0.217 e. The molecule has 3 heterocycles. The molecule has 5 nitrogen and oxygen atoms in total. The molecule has 3 aromatic heterocycles. The SMILES string of the molecule is Cc1ccc(O)c2nc(Oc3[c-]c4c(cc3)c3ccccc3n4-c3nccc4ccccc34)cc(C(C)(C)C)c12.[Pt]. The maximum Gasteiger partial charge on any atom is 0.217 e. The van der Waals surface area contributed by atoms with Crippen molar-refractivity contribution in [3.8, 4) is 23.2 Å². The predicted molar refractivity (Wildman–Crippen MR) is 162 cm³/mol. The van der Waals surface area contributed by atoms with Gasteiger partial charge in [0.05, 0.1) is 0 Å². The summed E-state index contributed by atoms with van der Waals surface area (Å²) in [6, 6.07) is 31.7. The number of para-hydroxylation sites is 1. The van der Waals surface area contributed by atoms with Gasteiger partial charge in [-0.2, -0.15) is 6.07 Å². The van der Waals surface area contributed by atoms with Crippen molar-refractivity contribution < 1.29 is 30.9 Å². The second-order valence-corrected chi connectivity index (χ2v) is 11.3. The van der Waals surface area contributed by atoms with E-state index in [4.69, 9.17) is 14.7 Å². The number of aromatic hydroxyl groups is 1. The molecule has 0 aliphatic heterocycles. The Labute approximate surface area is 252 Å². The molecule has 4 aromatic carbocycles. The van der Waals surface area contributed by atoms with E-state index in [1.165, 1.54) is 0 Å². The van der Waals surface area contributed by atoms with Gasteiger partial charge in [0, 0.05) is 55.4 Å². The number of ether oxygens (including phenoxy) is 1. The van der Waals surface area contributed by atoms with Crippen molar-refractivity contribution in [2.45, 2.75) is 33.1 Å². The molecule has 0 amide bonds. The third kappa shape index (κ3) is 4.45. The van der Waals surface area contributed by atoms with Gasteiger partial charge in [0.1, 0.15) is 17.1 Å². The van der Waals surface area contributed by atoms with Crippen molar-refractivity contribution in [3.63, 3.8) is 0 Å². The number of benzene rings is 4. The maximum absolute atomic E-state index is 10.7. The van der Waals surface area contributed by atoms with E-state index in [1.807, 2.05) is 55.6 Å². The zero-order valence-corrected chi connectivity index (χ0v) is 25.4. The van der Waals surface area contributed by atoms with E-state index in [2.05, 4.69) is 67.8 Å². The molecule has 0 aliphatic carbocycles. The number of hydrogen-bond donors (Lipinski definition) is 1. The standard InChI is InChI=1S/C35H28N3O2.Pt/c1-21-13-16-30(39)33-32(21)27(35(2,3)4)20-31(37-33)40-23-14-15-26-25-11-7-8-12-28(25)38(29(26)19-23)34-24-10-6-5-9-22(24)17-18-36-34;/h5-18,20,39H,1-4H3;/q-1;. The second kappa shape index (κ2) is 10.0. The molecule has 1 N–H and O–H groups in total. The van der Waals surface area contributed by atoms with Crippen molar-refractivity contribution in [2.75, 3.05) is 0 Å². The number of hydrogen-bond acceptors (Lipinski definition) is 4. The largest absolute Gasteiger partial charge is 0.506 e. The summed E-state index contributed by atoms with van der Waals surface area (Å²) in [6.45, 7) is 8.51. The van der Waals surface area contributed by atoms with Crippen LogP contribution in [0.2, 0.25) is 0 Å². The zero-order valence-electron chi connectivity index (χ0n) is 23.2. The van der Waals surface area contributed by atoms with Crippen LogP contribution in [0.15, 0.2) is 91.1 Å². The maximum atomic E-state index is 10.7. The molecule has 0 spiro atoms. The summed E-state index contributed by atoms with van der Waals surface area (Å²) in [5.74, 6) is 1.94. The van der Waals surface area contributed by atoms with Crippen LogP contribution < -0.4 is 4.74 Å². The molecule has 0 atom stereocenters. The van der Waals surface area contributed by atoms with Gasteiger partial charge in [0.15, 0.2) is 0 Å². The minimum atomic E-state index is -0.183. The monoisotopic (exact) mass is 717 g/mol. The summed E-state index contributed by atoms with van der Waals surface area (Å²) in [5, 5.41) is 16.0. The molecular formula is C35H28N3O2Pt-. The molecule has 0 unspecified atom stereocenters.